The van der Waals surface area contributed by atoms with Gasteiger partial charge in [0, 0.05) is 12.6 Å². The molecule has 3 rings (SSSR count). The van der Waals surface area contributed by atoms with Crippen LogP contribution in [0.15, 0.2) is 35.1 Å². The lowest BCUT2D eigenvalue weighted by Crippen LogP contribution is -2.45. The molecule has 6 nitrogen and oxygen atoms in total. The first-order valence-corrected chi connectivity index (χ1v) is 8.59. The first kappa shape index (κ1) is 17.9. The maximum absolute atomic E-state index is 12.6. The van der Waals surface area contributed by atoms with E-state index in [1.165, 1.54) is 10.7 Å². The van der Waals surface area contributed by atoms with Crippen molar-refractivity contribution in [2.24, 2.45) is 0 Å². The second kappa shape index (κ2) is 7.56. The number of hydrogen-bond acceptors (Lipinski definition) is 4. The van der Waals surface area contributed by atoms with Gasteiger partial charge in [0.25, 0.3) is 5.56 Å². The standard InChI is InChI=1S/C17H17Cl2N3O3/c1-11-2-5-16(23)22(20-11)10-17(24)21-6-7-25-15(9-21)12-3-4-13(18)14(19)8-12/h2-5,8,15H,6-7,9-10H2,1H3. The maximum atomic E-state index is 12.6. The highest BCUT2D eigenvalue weighted by Gasteiger charge is 2.26. The molecule has 1 aliphatic heterocycles. The van der Waals surface area contributed by atoms with E-state index in [1.807, 2.05) is 6.07 Å². The summed E-state index contributed by atoms with van der Waals surface area (Å²) in [6.07, 6.45) is -0.283. The Morgan fingerprint density at radius 2 is 2.08 bits per heavy atom. The van der Waals surface area contributed by atoms with Crippen LogP contribution in [0.4, 0.5) is 0 Å². The van der Waals surface area contributed by atoms with Crippen molar-refractivity contribution in [3.63, 3.8) is 0 Å². The summed E-state index contributed by atoms with van der Waals surface area (Å²) in [5, 5.41) is 5.02. The number of aryl methyl sites for hydroxylation is 1. The summed E-state index contributed by atoms with van der Waals surface area (Å²) in [7, 11) is 0. The summed E-state index contributed by atoms with van der Waals surface area (Å²) >= 11 is 12.0. The second-order valence-corrected chi connectivity index (χ2v) is 6.66. The Labute approximate surface area is 154 Å². The Morgan fingerprint density at radius 1 is 1.28 bits per heavy atom. The zero-order valence-electron chi connectivity index (χ0n) is 13.6. The predicted octanol–water partition coefficient (Wildman–Crippen LogP) is 2.46. The molecule has 25 heavy (non-hydrogen) atoms. The molecule has 1 saturated heterocycles. The quantitative estimate of drug-likeness (QED) is 0.818. The van der Waals surface area contributed by atoms with E-state index in [0.29, 0.717) is 35.4 Å². The Hall–Kier alpha value is -1.89. The molecular formula is C17H17Cl2N3O3. The number of aromatic nitrogens is 2. The molecule has 1 aromatic heterocycles. The summed E-state index contributed by atoms with van der Waals surface area (Å²) in [6.45, 7) is 2.95. The third-order valence-corrected chi connectivity index (χ3v) is 4.76. The zero-order chi connectivity index (χ0) is 18.0. The summed E-state index contributed by atoms with van der Waals surface area (Å²) in [5.41, 5.74) is 1.24. The number of ether oxygens (including phenoxy) is 1. The molecule has 0 aliphatic carbocycles. The van der Waals surface area contributed by atoms with Crippen molar-refractivity contribution >= 4 is 29.1 Å². The molecular weight excluding hydrogens is 365 g/mol. The number of rotatable bonds is 3. The molecule has 0 radical (unpaired) electrons. The minimum absolute atomic E-state index is 0.0887. The first-order chi connectivity index (χ1) is 11.9. The van der Waals surface area contributed by atoms with Crippen LogP contribution in [0.5, 0.6) is 0 Å². The van der Waals surface area contributed by atoms with Gasteiger partial charge in [-0.2, -0.15) is 5.10 Å². The lowest BCUT2D eigenvalue weighted by atomic mass is 10.1. The van der Waals surface area contributed by atoms with Gasteiger partial charge in [-0.15, -0.1) is 0 Å². The number of nitrogens with zero attached hydrogens (tertiary/aromatic N) is 3. The van der Waals surface area contributed by atoms with Gasteiger partial charge < -0.3 is 9.64 Å². The van der Waals surface area contributed by atoms with Crippen LogP contribution in [-0.2, 0) is 16.1 Å². The van der Waals surface area contributed by atoms with Crippen molar-refractivity contribution < 1.29 is 9.53 Å². The molecule has 1 amide bonds. The third kappa shape index (κ3) is 4.21. The number of morpholine rings is 1. The normalized spacial score (nSPS) is 17.6. The molecule has 0 N–H and O–H groups in total. The number of amides is 1. The predicted molar refractivity (Wildman–Crippen MR) is 95.0 cm³/mol. The molecule has 0 spiro atoms. The number of carbonyl (C=O) groups excluding carboxylic acids is 1. The average Bonchev–Trinajstić information content (AvgIpc) is 2.60. The SMILES string of the molecule is Cc1ccc(=O)n(CC(=O)N2CCOC(c3ccc(Cl)c(Cl)c3)C2)n1. The van der Waals surface area contributed by atoms with E-state index in [0.717, 1.165) is 5.56 Å². The highest BCUT2D eigenvalue weighted by molar-refractivity contribution is 6.42. The van der Waals surface area contributed by atoms with Crippen LogP contribution in [0, 0.1) is 6.92 Å². The van der Waals surface area contributed by atoms with Gasteiger partial charge in [-0.05, 0) is 30.7 Å². The van der Waals surface area contributed by atoms with Gasteiger partial charge in [0.05, 0.1) is 28.9 Å². The lowest BCUT2D eigenvalue weighted by Gasteiger charge is -2.33. The second-order valence-electron chi connectivity index (χ2n) is 5.84. The molecule has 2 aromatic rings. The number of hydrogen-bond donors (Lipinski definition) is 0. The van der Waals surface area contributed by atoms with E-state index in [2.05, 4.69) is 5.10 Å². The highest BCUT2D eigenvalue weighted by atomic mass is 35.5. The summed E-state index contributed by atoms with van der Waals surface area (Å²) in [5.74, 6) is -0.173. The molecule has 1 fully saturated rings. The van der Waals surface area contributed by atoms with E-state index >= 15 is 0 Å². The fourth-order valence-electron chi connectivity index (χ4n) is 2.68. The van der Waals surface area contributed by atoms with E-state index in [-0.39, 0.29) is 24.1 Å². The Kier molecular flexibility index (Phi) is 5.42. The largest absolute Gasteiger partial charge is 0.370 e. The fraction of sp³-hybridized carbons (Fsp3) is 0.353. The fourth-order valence-corrected chi connectivity index (χ4v) is 2.99. The number of halogens is 2. The van der Waals surface area contributed by atoms with Crippen LogP contribution < -0.4 is 5.56 Å². The van der Waals surface area contributed by atoms with Crippen molar-refractivity contribution in [3.8, 4) is 0 Å². The van der Waals surface area contributed by atoms with Crippen LogP contribution in [-0.4, -0.2) is 40.3 Å². The Balaban J connectivity index is 1.72. The molecule has 1 atom stereocenters. The van der Waals surface area contributed by atoms with E-state index in [1.54, 1.807) is 30.0 Å². The smallest absolute Gasteiger partial charge is 0.267 e. The highest BCUT2D eigenvalue weighted by Crippen LogP contribution is 2.29. The van der Waals surface area contributed by atoms with Gasteiger partial charge in [-0.3, -0.25) is 9.59 Å². The topological polar surface area (TPSA) is 64.4 Å². The van der Waals surface area contributed by atoms with Gasteiger partial charge in [0.2, 0.25) is 5.91 Å². The van der Waals surface area contributed by atoms with Gasteiger partial charge in [-0.25, -0.2) is 4.68 Å². The Bertz CT molecular complexity index is 853. The molecule has 0 bridgehead atoms. The minimum Gasteiger partial charge on any atom is -0.370 e. The molecule has 1 unspecified atom stereocenters. The van der Waals surface area contributed by atoms with Crippen molar-refractivity contribution in [1.82, 2.24) is 14.7 Å². The first-order valence-electron chi connectivity index (χ1n) is 7.83. The van der Waals surface area contributed by atoms with Crippen molar-refractivity contribution in [2.45, 2.75) is 19.6 Å². The Morgan fingerprint density at radius 3 is 2.84 bits per heavy atom. The van der Waals surface area contributed by atoms with Crippen LogP contribution in [0.2, 0.25) is 10.0 Å². The van der Waals surface area contributed by atoms with E-state index in [4.69, 9.17) is 27.9 Å². The van der Waals surface area contributed by atoms with Crippen LogP contribution >= 0.6 is 23.2 Å². The lowest BCUT2D eigenvalue weighted by molar-refractivity contribution is -0.140. The third-order valence-electron chi connectivity index (χ3n) is 4.02. The average molecular weight is 382 g/mol. The number of carbonyl (C=O) groups is 1. The molecule has 2 heterocycles. The molecule has 1 aliphatic rings. The maximum Gasteiger partial charge on any atom is 0.267 e. The zero-order valence-corrected chi connectivity index (χ0v) is 15.1. The van der Waals surface area contributed by atoms with Gasteiger partial charge in [0.1, 0.15) is 12.6 Å². The van der Waals surface area contributed by atoms with Crippen molar-refractivity contribution in [2.75, 3.05) is 19.7 Å². The van der Waals surface area contributed by atoms with Gasteiger partial charge >= 0.3 is 0 Å². The monoisotopic (exact) mass is 381 g/mol. The van der Waals surface area contributed by atoms with Crippen LogP contribution in [0.3, 0.4) is 0 Å². The van der Waals surface area contributed by atoms with E-state index in [9.17, 15) is 9.59 Å². The molecule has 8 heteroatoms. The van der Waals surface area contributed by atoms with Crippen molar-refractivity contribution in [1.29, 1.82) is 0 Å². The van der Waals surface area contributed by atoms with Gasteiger partial charge in [0.15, 0.2) is 0 Å². The summed E-state index contributed by atoms with van der Waals surface area (Å²) in [6, 6.07) is 8.32. The molecule has 132 valence electrons. The summed E-state index contributed by atoms with van der Waals surface area (Å²) in [4.78, 5) is 26.0. The van der Waals surface area contributed by atoms with Crippen molar-refractivity contribution in [3.05, 3.63) is 62.0 Å². The number of benzene rings is 1. The minimum atomic E-state index is -0.298. The van der Waals surface area contributed by atoms with Crippen LogP contribution in [0.25, 0.3) is 0 Å². The van der Waals surface area contributed by atoms with E-state index < -0.39 is 0 Å². The molecule has 1 aromatic carbocycles. The van der Waals surface area contributed by atoms with Gasteiger partial charge in [-0.1, -0.05) is 29.3 Å². The molecule has 0 saturated carbocycles. The summed E-state index contributed by atoms with van der Waals surface area (Å²) < 4.78 is 6.93. The van der Waals surface area contributed by atoms with Crippen LogP contribution in [0.1, 0.15) is 17.4 Å².